The molecule has 0 spiro atoms. The first kappa shape index (κ1) is 87.4. The number of anilines is 2. The topological polar surface area (TPSA) is 257 Å². The maximum Gasteiger partial charge on any atom is 0.308 e. The zero-order valence-electron chi connectivity index (χ0n) is 56.8. The van der Waals surface area contributed by atoms with Gasteiger partial charge in [0.05, 0.1) is 79.7 Å². The molecule has 18 nitrogen and oxygen atoms in total. The molecule has 0 amide bonds. The minimum atomic E-state index is -3.66. The number of esters is 2. The Morgan fingerprint density at radius 2 is 0.990 bits per heavy atom. The summed E-state index contributed by atoms with van der Waals surface area (Å²) >= 11 is 0. The molecule has 96 heavy (non-hydrogen) atoms. The van der Waals surface area contributed by atoms with Gasteiger partial charge in [0.2, 0.25) is 31.9 Å². The summed E-state index contributed by atoms with van der Waals surface area (Å²) in [6.45, 7) is 12.0. The van der Waals surface area contributed by atoms with E-state index in [2.05, 4.69) is 19.9 Å². The Kier molecular flexibility index (Phi) is 39.2. The highest BCUT2D eigenvalue weighted by molar-refractivity contribution is 8.15. The van der Waals surface area contributed by atoms with Crippen LogP contribution in [0.15, 0.2) is 60.7 Å². The molecular formula is C53H75B21F2N6O12S2. The van der Waals surface area contributed by atoms with Crippen molar-refractivity contribution >= 4 is 211 Å². The van der Waals surface area contributed by atoms with Gasteiger partial charge in [0, 0.05) is 199 Å². The SMILES string of the molecule is C.CCCCOC(=O)C[C@H](O)CC(=O)/C=C/c1c(-c2ccc(F)cc2)nc(N(C)S(C)(=O)=O)nc1C(C)C.CCCCOC(=O)C[C@H](O)C[C@H](O)/C=C/c1c(-c2ccc(F)cc2)nc(N(C)S(C)(=O)=O)nc1C(C)C.[3H]B(B(B([B])[B])B([B])[B])B(B([B])B([B])[B])B(B([B])[B])B([B])[B]. The molecule has 0 fully saturated rings. The molecule has 4 rings (SSSR count). The first-order valence-electron chi connectivity index (χ1n) is 31.4. The fraction of sp³-hybridized carbons (Fsp3) is 0.491. The summed E-state index contributed by atoms with van der Waals surface area (Å²) in [6, 6.07) is 11.1. The third-order valence-corrected chi connectivity index (χ3v) is 16.9. The number of ketones is 1. The number of allylic oxidation sites excluding steroid dienone is 1. The molecule has 3 atom stereocenters. The number of halogens is 2. The van der Waals surface area contributed by atoms with Gasteiger partial charge >= 0.3 is 11.9 Å². The summed E-state index contributed by atoms with van der Waals surface area (Å²) in [5, 5.41) is 30.9. The zero-order chi connectivity index (χ0) is 73.3. The second-order valence-corrected chi connectivity index (χ2v) is 27.6. The third kappa shape index (κ3) is 30.4. The van der Waals surface area contributed by atoms with Crippen LogP contribution >= 0.6 is 0 Å². The van der Waals surface area contributed by atoms with Gasteiger partial charge in [0.15, 0.2) is 5.78 Å². The highest BCUT2D eigenvalue weighted by Gasteiger charge is 2.40. The number of aromatic nitrogens is 4. The van der Waals surface area contributed by atoms with E-state index in [1.54, 1.807) is 6.08 Å². The van der Waals surface area contributed by atoms with E-state index in [0.717, 1.165) is 46.8 Å². The lowest BCUT2D eigenvalue weighted by Gasteiger charge is -2.37. The van der Waals surface area contributed by atoms with Crippen molar-refractivity contribution in [1.29, 1.82) is 1.34 Å². The summed E-state index contributed by atoms with van der Waals surface area (Å²) in [5.41, 5.74) is 3.65. The Morgan fingerprint density at radius 1 is 0.604 bits per heavy atom. The van der Waals surface area contributed by atoms with Crippen molar-refractivity contribution in [3.8, 4) is 22.5 Å². The largest absolute Gasteiger partial charge is 0.466 e. The highest BCUT2D eigenvalue weighted by Crippen LogP contribution is 2.34. The van der Waals surface area contributed by atoms with Crippen molar-refractivity contribution in [2.24, 2.45) is 0 Å². The third-order valence-electron chi connectivity index (χ3n) is 14.6. The van der Waals surface area contributed by atoms with Crippen LogP contribution in [-0.4, -0.2) is 279 Å². The number of sulfonamides is 2. The molecule has 3 N–H and O–H groups in total. The number of hydrogen-bond acceptors (Lipinski definition) is 16. The van der Waals surface area contributed by atoms with Crippen LogP contribution in [-0.2, 0) is 43.9 Å². The van der Waals surface area contributed by atoms with Crippen molar-refractivity contribution in [2.75, 3.05) is 48.4 Å². The molecule has 0 unspecified atom stereocenters. The summed E-state index contributed by atoms with van der Waals surface area (Å²) in [5.74, 6) is -2.89. The standard InChI is InChI=1S/C26H36FN3O6S.C26H34FN3O6S.CH4.B21H/c2*1-6-7-14-36-23(33)16-21(32)15-20(31)12-13-22-24(17(2)3)28-26(30(4)37(5,34)35)29-25(22)18-8-10-19(27)11-9-18;;1-13(2)18(11)20(21(16(7)8)17(9)10)12-19(14(3)4)15(5)6/h8-13,17,20-21,31-32H,6-7,14-16H2,1-5H3;8-13,17,21,32H,6-7,14-16H2,1-5H3;1H4;12H/b2*13-12+;;/t20-,21-;21-;;/m11../s1/i;;;12T. The minimum Gasteiger partial charge on any atom is -0.466 e. The van der Waals surface area contributed by atoms with Gasteiger partial charge in [-0.3, -0.25) is 14.4 Å². The molecule has 0 saturated carbocycles. The smallest absolute Gasteiger partial charge is 0.308 e. The van der Waals surface area contributed by atoms with Gasteiger partial charge in [0.1, 0.15) is 11.6 Å². The van der Waals surface area contributed by atoms with Gasteiger partial charge in [-0.1, -0.05) is 74.0 Å². The number of benzene rings is 2. The molecule has 4 aromatic rings. The van der Waals surface area contributed by atoms with Gasteiger partial charge in [-0.05, 0) is 86.7 Å². The summed E-state index contributed by atoms with van der Waals surface area (Å²) in [4.78, 5) is 54.0. The van der Waals surface area contributed by atoms with Gasteiger partial charge in [-0.2, -0.15) is 0 Å². The molecule has 0 bridgehead atoms. The van der Waals surface area contributed by atoms with Crippen molar-refractivity contribution < 1.29 is 64.8 Å². The van der Waals surface area contributed by atoms with Crippen molar-refractivity contribution in [3.63, 3.8) is 0 Å². The lowest BCUT2D eigenvalue weighted by atomic mass is 8.43. The van der Waals surface area contributed by atoms with E-state index in [4.69, 9.17) is 95.9 Å². The molecule has 43 heteroatoms. The number of unbranched alkanes of at least 4 members (excludes halogenated alkanes) is 2. The van der Waals surface area contributed by atoms with Gasteiger partial charge in [-0.15, -0.1) is 0 Å². The fourth-order valence-corrected chi connectivity index (χ4v) is 9.82. The average Bonchev–Trinajstić information content (AvgIpc) is 0.799. The monoisotopic (exact) mass is 1320 g/mol. The minimum absolute atomic E-state index is 0. The predicted molar refractivity (Wildman–Crippen MR) is 410 cm³/mol. The Balaban J connectivity index is 0.000000750. The summed E-state index contributed by atoms with van der Waals surface area (Å²) in [7, 11) is 57.3. The van der Waals surface area contributed by atoms with Gasteiger partial charge in [-0.25, -0.2) is 54.2 Å². The number of carbonyl (C=O) groups is 3. The molecule has 2 heterocycles. The fourth-order valence-electron chi connectivity index (χ4n) is 9.06. The first-order chi connectivity index (χ1) is 44.6. The van der Waals surface area contributed by atoms with Crippen LogP contribution in [0.5, 0.6) is 0 Å². The van der Waals surface area contributed by atoms with E-state index >= 15 is 0 Å². The molecule has 0 aliphatic heterocycles. The van der Waals surface area contributed by atoms with Crippen molar-refractivity contribution in [3.05, 3.63) is 94.8 Å². The van der Waals surface area contributed by atoms with Crippen LogP contribution in [0.3, 0.4) is 0 Å². The Labute approximate surface area is 590 Å². The van der Waals surface area contributed by atoms with E-state index < -0.39 is 132 Å². The number of hydrogen-bond donors (Lipinski definition) is 3. The molecule has 0 aliphatic rings. The Bertz CT molecular complexity index is 3400. The molecule has 478 valence electrons. The Hall–Kier alpha value is -4.71. The molecule has 0 aliphatic carbocycles. The number of ether oxygens (including phenoxy) is 2. The van der Waals surface area contributed by atoms with Crippen LogP contribution in [0, 0.1) is 11.6 Å². The zero-order valence-corrected chi connectivity index (χ0v) is 57.4. The van der Waals surface area contributed by atoms with Crippen LogP contribution in [0.2, 0.25) is 0 Å². The number of rotatable bonds is 35. The molecular weight excluding hydrogens is 1240 g/mol. The van der Waals surface area contributed by atoms with Crippen LogP contribution in [0.1, 0.15) is 135 Å². The molecule has 2 aromatic heterocycles. The quantitative estimate of drug-likeness (QED) is 0.0235. The second-order valence-electron chi connectivity index (χ2n) is 23.5. The van der Waals surface area contributed by atoms with Gasteiger partial charge in [0.25, 0.3) is 0 Å². The number of aliphatic hydroxyl groups excluding tert-OH is 3. The van der Waals surface area contributed by atoms with Crippen molar-refractivity contribution in [1.82, 2.24) is 19.9 Å². The normalized spacial score (nSPS) is 12.3. The lowest BCUT2D eigenvalue weighted by molar-refractivity contribution is -0.147. The number of carbonyl (C=O) groups excluding carboxylic acids is 3. The van der Waals surface area contributed by atoms with Crippen molar-refractivity contribution in [2.45, 2.75) is 130 Å². The highest BCUT2D eigenvalue weighted by atomic mass is 32.2. The number of nitrogens with zero attached hydrogens (tertiary/aromatic N) is 6. The molecule has 22 radical (unpaired) electrons. The van der Waals surface area contributed by atoms with E-state index in [1.165, 1.54) is 80.9 Å². The predicted octanol–water partition coefficient (Wildman–Crippen LogP) is -0.0994. The van der Waals surface area contributed by atoms with E-state index in [0.29, 0.717) is 51.6 Å². The number of aliphatic hydroxyl groups is 3. The van der Waals surface area contributed by atoms with E-state index in [1.807, 2.05) is 41.5 Å². The van der Waals surface area contributed by atoms with E-state index in [9.17, 15) is 55.3 Å². The van der Waals surface area contributed by atoms with Crippen LogP contribution in [0.25, 0.3) is 34.7 Å². The Morgan fingerprint density at radius 3 is 1.33 bits per heavy atom. The molecule has 0 saturated heterocycles. The molecule has 2 aromatic carbocycles. The van der Waals surface area contributed by atoms with E-state index in [-0.39, 0.29) is 63.4 Å². The first-order valence-corrected chi connectivity index (χ1v) is 34.5. The maximum absolute atomic E-state index is 13.6. The second kappa shape index (κ2) is 43.1. The van der Waals surface area contributed by atoms with Gasteiger partial charge < -0.3 is 24.8 Å². The summed E-state index contributed by atoms with van der Waals surface area (Å²) in [6.07, 6.45) is -1.29. The average molecular weight is 1320 g/mol. The maximum atomic E-state index is 13.6. The van der Waals surface area contributed by atoms with Crippen LogP contribution < -0.4 is 8.61 Å². The van der Waals surface area contributed by atoms with Crippen LogP contribution in [0.4, 0.5) is 20.7 Å². The lowest BCUT2D eigenvalue weighted by Crippen LogP contribution is -2.76. The summed E-state index contributed by atoms with van der Waals surface area (Å²) < 4.78 is 96.2.